The van der Waals surface area contributed by atoms with Gasteiger partial charge >= 0.3 is 11.9 Å². The summed E-state index contributed by atoms with van der Waals surface area (Å²) in [6, 6.07) is 0.245. The number of amides is 1. The number of carboxylic acid groups (broad SMARTS) is 1. The molecule has 24 heavy (non-hydrogen) atoms. The smallest absolute Gasteiger partial charge is 0.321 e. The van der Waals surface area contributed by atoms with Gasteiger partial charge in [0, 0.05) is 18.6 Å². The van der Waals surface area contributed by atoms with Crippen molar-refractivity contribution in [2.24, 2.45) is 11.3 Å². The summed E-state index contributed by atoms with van der Waals surface area (Å²) in [4.78, 5) is 37.3. The number of rotatable bonds is 9. The van der Waals surface area contributed by atoms with Gasteiger partial charge in [0.2, 0.25) is 5.91 Å². The predicted octanol–water partition coefficient (Wildman–Crippen LogP) is 0.773. The number of nitrogens with one attached hydrogen (secondary N) is 1. The van der Waals surface area contributed by atoms with E-state index in [1.165, 1.54) is 12.8 Å². The van der Waals surface area contributed by atoms with Gasteiger partial charge in [-0.05, 0) is 51.4 Å². The van der Waals surface area contributed by atoms with E-state index in [1.54, 1.807) is 6.92 Å². The van der Waals surface area contributed by atoms with Crippen LogP contribution in [0.1, 0.15) is 45.4 Å². The summed E-state index contributed by atoms with van der Waals surface area (Å²) in [5.41, 5.74) is -0.962. The first kappa shape index (κ1) is 17.2. The molecule has 0 heterocycles. The zero-order chi connectivity index (χ0) is 17.3. The highest BCUT2D eigenvalue weighted by atomic mass is 16.5. The molecule has 3 aliphatic rings. The minimum Gasteiger partial charge on any atom is -0.480 e. The number of carboxylic acids is 1. The maximum Gasteiger partial charge on any atom is 0.321 e. The number of carbonyl (C=O) groups excluding carboxylic acids is 2. The minimum atomic E-state index is -0.962. The fourth-order valence-electron chi connectivity index (χ4n) is 3.39. The van der Waals surface area contributed by atoms with E-state index in [-0.39, 0.29) is 31.1 Å². The van der Waals surface area contributed by atoms with E-state index in [0.29, 0.717) is 18.8 Å². The van der Waals surface area contributed by atoms with E-state index in [9.17, 15) is 14.4 Å². The van der Waals surface area contributed by atoms with E-state index < -0.39 is 17.4 Å². The van der Waals surface area contributed by atoms with Crippen molar-refractivity contribution < 1.29 is 24.2 Å². The van der Waals surface area contributed by atoms with Crippen LogP contribution in [0.3, 0.4) is 0 Å². The van der Waals surface area contributed by atoms with Crippen LogP contribution < -0.4 is 5.32 Å². The normalized spacial score (nSPS) is 27.2. The van der Waals surface area contributed by atoms with Crippen LogP contribution in [-0.4, -0.2) is 59.6 Å². The molecule has 0 atom stereocenters. The molecule has 7 nitrogen and oxygen atoms in total. The fraction of sp³-hybridized carbons (Fsp3) is 0.824. The Bertz CT molecular complexity index is 521. The molecular formula is C17H26N2O5. The van der Waals surface area contributed by atoms with Gasteiger partial charge in [-0.25, -0.2) is 0 Å². The molecule has 3 saturated carbocycles. The van der Waals surface area contributed by atoms with Crippen LogP contribution in [0.4, 0.5) is 0 Å². The third kappa shape index (κ3) is 3.71. The number of hydrogen-bond acceptors (Lipinski definition) is 5. The summed E-state index contributed by atoms with van der Waals surface area (Å²) >= 11 is 0. The Morgan fingerprint density at radius 3 is 2.42 bits per heavy atom. The van der Waals surface area contributed by atoms with E-state index in [4.69, 9.17) is 9.84 Å². The summed E-state index contributed by atoms with van der Waals surface area (Å²) in [6.07, 6.45) is 4.99. The van der Waals surface area contributed by atoms with Gasteiger partial charge in [0.25, 0.3) is 0 Å². The first-order valence-electron chi connectivity index (χ1n) is 8.88. The van der Waals surface area contributed by atoms with E-state index in [0.717, 1.165) is 19.4 Å². The zero-order valence-electron chi connectivity index (χ0n) is 14.1. The largest absolute Gasteiger partial charge is 0.480 e. The molecule has 0 bridgehead atoms. The molecule has 0 aromatic carbocycles. The van der Waals surface area contributed by atoms with Gasteiger partial charge < -0.3 is 15.2 Å². The van der Waals surface area contributed by atoms with Crippen LogP contribution in [-0.2, 0) is 19.1 Å². The second-order valence-corrected chi connectivity index (χ2v) is 7.36. The summed E-state index contributed by atoms with van der Waals surface area (Å²) in [5.74, 6) is -0.810. The van der Waals surface area contributed by atoms with Gasteiger partial charge in [0.15, 0.2) is 0 Å². The summed E-state index contributed by atoms with van der Waals surface area (Å²) < 4.78 is 5.00. The topological polar surface area (TPSA) is 95.9 Å². The molecule has 0 aromatic rings. The Labute approximate surface area is 141 Å². The Morgan fingerprint density at radius 1 is 1.25 bits per heavy atom. The van der Waals surface area contributed by atoms with Crippen LogP contribution in [0, 0.1) is 11.3 Å². The van der Waals surface area contributed by atoms with Crippen molar-refractivity contribution in [3.05, 3.63) is 0 Å². The molecular weight excluding hydrogens is 312 g/mol. The van der Waals surface area contributed by atoms with Crippen molar-refractivity contribution in [2.75, 3.05) is 19.7 Å². The highest BCUT2D eigenvalue weighted by molar-refractivity contribution is 6.05. The van der Waals surface area contributed by atoms with Gasteiger partial charge in [-0.2, -0.15) is 0 Å². The molecule has 0 spiro atoms. The average Bonchev–Trinajstić information content (AvgIpc) is 3.34. The first-order chi connectivity index (χ1) is 11.4. The average molecular weight is 338 g/mol. The number of carbonyl (C=O) groups is 3. The van der Waals surface area contributed by atoms with Gasteiger partial charge in [0.05, 0.1) is 13.2 Å². The van der Waals surface area contributed by atoms with Crippen LogP contribution in [0.15, 0.2) is 0 Å². The third-order valence-corrected chi connectivity index (χ3v) is 5.34. The van der Waals surface area contributed by atoms with Crippen molar-refractivity contribution in [1.82, 2.24) is 10.2 Å². The lowest BCUT2D eigenvalue weighted by atomic mass is 9.84. The van der Waals surface area contributed by atoms with Crippen molar-refractivity contribution in [3.63, 3.8) is 0 Å². The molecule has 3 fully saturated rings. The van der Waals surface area contributed by atoms with Crippen LogP contribution in [0.5, 0.6) is 0 Å². The SMILES string of the molecule is CCOC(=O)C1(C(=O)NC2CC(N(CC(=O)O)CC3CC3)C2)CC1. The Balaban J connectivity index is 1.46. The lowest BCUT2D eigenvalue weighted by Gasteiger charge is -2.43. The summed E-state index contributed by atoms with van der Waals surface area (Å²) in [5, 5.41) is 12.0. The van der Waals surface area contributed by atoms with Crippen molar-refractivity contribution in [1.29, 1.82) is 0 Å². The Morgan fingerprint density at radius 2 is 1.92 bits per heavy atom. The highest BCUT2D eigenvalue weighted by Crippen LogP contribution is 2.47. The maximum atomic E-state index is 12.4. The monoisotopic (exact) mass is 338 g/mol. The van der Waals surface area contributed by atoms with Crippen molar-refractivity contribution >= 4 is 17.8 Å². The second-order valence-electron chi connectivity index (χ2n) is 7.36. The second kappa shape index (κ2) is 6.70. The van der Waals surface area contributed by atoms with Crippen LogP contribution in [0.2, 0.25) is 0 Å². The predicted molar refractivity (Wildman–Crippen MR) is 85.2 cm³/mol. The maximum absolute atomic E-state index is 12.4. The zero-order valence-corrected chi connectivity index (χ0v) is 14.1. The molecule has 134 valence electrons. The van der Waals surface area contributed by atoms with Crippen LogP contribution >= 0.6 is 0 Å². The van der Waals surface area contributed by atoms with Crippen molar-refractivity contribution in [3.8, 4) is 0 Å². The van der Waals surface area contributed by atoms with Gasteiger partial charge in [-0.3, -0.25) is 19.3 Å². The number of aliphatic carboxylic acids is 1. The minimum absolute atomic E-state index is 0.0323. The third-order valence-electron chi connectivity index (χ3n) is 5.34. The lowest BCUT2D eigenvalue weighted by Crippen LogP contribution is -2.56. The quantitative estimate of drug-likeness (QED) is 0.476. The Hall–Kier alpha value is -1.63. The molecule has 0 aliphatic heterocycles. The van der Waals surface area contributed by atoms with Crippen LogP contribution in [0.25, 0.3) is 0 Å². The summed E-state index contributed by atoms with van der Waals surface area (Å²) in [7, 11) is 0. The first-order valence-corrected chi connectivity index (χ1v) is 8.88. The van der Waals surface area contributed by atoms with E-state index in [2.05, 4.69) is 5.32 Å². The number of nitrogens with zero attached hydrogens (tertiary/aromatic N) is 1. The molecule has 7 heteroatoms. The van der Waals surface area contributed by atoms with Gasteiger partial charge in [-0.1, -0.05) is 0 Å². The molecule has 0 unspecified atom stereocenters. The molecule has 2 N–H and O–H groups in total. The summed E-state index contributed by atoms with van der Waals surface area (Å²) in [6.45, 7) is 2.92. The van der Waals surface area contributed by atoms with Gasteiger partial charge in [0.1, 0.15) is 5.41 Å². The van der Waals surface area contributed by atoms with E-state index >= 15 is 0 Å². The molecule has 0 radical (unpaired) electrons. The molecule has 1 amide bonds. The van der Waals surface area contributed by atoms with Crippen molar-refractivity contribution in [2.45, 2.75) is 57.5 Å². The molecule has 0 saturated heterocycles. The van der Waals surface area contributed by atoms with E-state index in [1.807, 2.05) is 4.90 Å². The number of hydrogen-bond donors (Lipinski definition) is 2. The fourth-order valence-corrected chi connectivity index (χ4v) is 3.39. The number of esters is 1. The standard InChI is InChI=1S/C17H26N2O5/c1-2-24-16(23)17(5-6-17)15(22)18-12-7-13(8-12)19(10-14(20)21)9-11-3-4-11/h11-13H,2-10H2,1H3,(H,18,22)(H,20,21). The highest BCUT2D eigenvalue weighted by Gasteiger charge is 2.58. The lowest BCUT2D eigenvalue weighted by molar-refractivity contribution is -0.155. The Kier molecular flexibility index (Phi) is 4.80. The number of ether oxygens (including phenoxy) is 1. The van der Waals surface area contributed by atoms with Gasteiger partial charge in [-0.15, -0.1) is 0 Å². The molecule has 3 aliphatic carbocycles. The molecule has 0 aromatic heterocycles. The molecule has 3 rings (SSSR count).